The van der Waals surface area contributed by atoms with Crippen LogP contribution in [0.2, 0.25) is 0 Å². The second-order valence-corrected chi connectivity index (χ2v) is 12.6. The normalized spacial score (nSPS) is 46.0. The Hall–Kier alpha value is -2.45. The van der Waals surface area contributed by atoms with Gasteiger partial charge in [0.05, 0.1) is 24.0 Å². The molecular formula is C29H28F3NO5S. The quantitative estimate of drug-likeness (QED) is 0.574. The first-order valence-electron chi connectivity index (χ1n) is 13.0. The molecule has 5 aliphatic rings. The molecule has 0 amide bonds. The number of hydrogen-bond donors (Lipinski definition) is 1. The van der Waals surface area contributed by atoms with Crippen molar-refractivity contribution in [3.05, 3.63) is 59.4 Å². The summed E-state index contributed by atoms with van der Waals surface area (Å²) in [6, 6.07) is 7.55. The Labute approximate surface area is 228 Å². The lowest BCUT2D eigenvalue weighted by Gasteiger charge is -2.63. The van der Waals surface area contributed by atoms with Crippen LogP contribution >= 0.6 is 11.8 Å². The lowest BCUT2D eigenvalue weighted by Crippen LogP contribution is -2.70. The molecular weight excluding hydrogens is 531 g/mol. The molecule has 4 aliphatic carbocycles. The van der Waals surface area contributed by atoms with E-state index in [9.17, 15) is 19.1 Å². The van der Waals surface area contributed by atoms with Gasteiger partial charge in [-0.3, -0.25) is 9.59 Å². The molecule has 1 aromatic carbocycles. The van der Waals surface area contributed by atoms with Crippen LogP contribution in [0.1, 0.15) is 45.0 Å². The van der Waals surface area contributed by atoms with Crippen LogP contribution in [0.25, 0.3) is 0 Å². The van der Waals surface area contributed by atoms with Gasteiger partial charge >= 0.3 is 0 Å². The van der Waals surface area contributed by atoms with Crippen molar-refractivity contribution in [3.63, 3.8) is 0 Å². The number of rotatable bonds is 3. The molecule has 0 radical (unpaired) electrons. The minimum Gasteiger partial charge on any atom is -0.390 e. The van der Waals surface area contributed by atoms with Crippen molar-refractivity contribution in [2.24, 2.45) is 22.7 Å². The maximum absolute atomic E-state index is 17.5. The van der Waals surface area contributed by atoms with Crippen molar-refractivity contribution in [1.82, 2.24) is 0 Å². The van der Waals surface area contributed by atoms with Crippen LogP contribution in [0.3, 0.4) is 0 Å². The predicted molar refractivity (Wildman–Crippen MR) is 135 cm³/mol. The van der Waals surface area contributed by atoms with Crippen LogP contribution in [-0.4, -0.2) is 51.4 Å². The van der Waals surface area contributed by atoms with Crippen LogP contribution in [0, 0.1) is 39.8 Å². The molecule has 1 aromatic rings. The summed E-state index contributed by atoms with van der Waals surface area (Å²) in [6.45, 7) is 3.25. The molecule has 6 rings (SSSR count). The highest BCUT2D eigenvalue weighted by molar-refractivity contribution is 8.14. The lowest BCUT2D eigenvalue weighted by atomic mass is 9.44. The third kappa shape index (κ3) is 3.33. The van der Waals surface area contributed by atoms with Gasteiger partial charge in [0.25, 0.3) is 0 Å². The number of carbonyl (C=O) groups is 2. The van der Waals surface area contributed by atoms with Crippen molar-refractivity contribution >= 4 is 22.7 Å². The summed E-state index contributed by atoms with van der Waals surface area (Å²) in [4.78, 5) is 25.9. The molecule has 4 fully saturated rings. The SMILES string of the molecule is C[C@]12C=CC(=O)C=C1[C@@H](F)C[C@H]1[C@@H]3C[C@H]4OC(c5cccc(F)c5)O[C@@]4(C(=O)SCC#N)[C@@]3(C)C[C@H](O)[C@@]12F. The molecule has 39 heavy (non-hydrogen) atoms. The van der Waals surface area contributed by atoms with Crippen molar-refractivity contribution in [2.45, 2.75) is 69.0 Å². The summed E-state index contributed by atoms with van der Waals surface area (Å²) in [6.07, 6.45) is -1.83. The number of hydrogen-bond acceptors (Lipinski definition) is 7. The zero-order valence-corrected chi connectivity index (χ0v) is 22.2. The van der Waals surface area contributed by atoms with Gasteiger partial charge in [0.1, 0.15) is 12.0 Å². The van der Waals surface area contributed by atoms with Crippen molar-refractivity contribution in [2.75, 3.05) is 5.75 Å². The van der Waals surface area contributed by atoms with Gasteiger partial charge in [0.15, 0.2) is 23.3 Å². The zero-order chi connectivity index (χ0) is 28.0. The Kier molecular flexibility index (Phi) is 6.02. The number of ketones is 1. The summed E-state index contributed by atoms with van der Waals surface area (Å²) in [7, 11) is 0. The molecule has 1 aliphatic heterocycles. The summed E-state index contributed by atoms with van der Waals surface area (Å²) in [5.74, 6) is -2.74. The van der Waals surface area contributed by atoms with Gasteiger partial charge in [0.2, 0.25) is 5.12 Å². The maximum Gasteiger partial charge on any atom is 0.225 e. The van der Waals surface area contributed by atoms with Gasteiger partial charge in [-0.05, 0) is 62.0 Å². The summed E-state index contributed by atoms with van der Waals surface area (Å²) >= 11 is 0.757. The van der Waals surface area contributed by atoms with E-state index in [1.807, 2.05) is 6.07 Å². The van der Waals surface area contributed by atoms with E-state index in [1.165, 1.54) is 37.3 Å². The van der Waals surface area contributed by atoms with Crippen LogP contribution in [-0.2, 0) is 19.1 Å². The first kappa shape index (κ1) is 26.8. The van der Waals surface area contributed by atoms with Crippen molar-refractivity contribution < 1.29 is 37.3 Å². The number of nitriles is 1. The number of fused-ring (bicyclic) bond motifs is 7. The molecule has 1 unspecified atom stereocenters. The summed E-state index contributed by atoms with van der Waals surface area (Å²) < 4.78 is 59.8. The van der Waals surface area contributed by atoms with E-state index in [2.05, 4.69) is 0 Å². The standard InChI is InChI=1S/C29H28F3NO5S/c1-26-7-6-17(34)11-20(26)21(31)12-19-18-13-23-29(25(36)39-9-8-33,27(18,2)14-22(35)28(19,26)32)38-24(37-23)15-4-3-5-16(30)10-15/h3-7,10-11,18-19,21-24,35H,9,12-14H2,1-2H3/t18-,19-,21-,22-,23+,24?,26-,27-,28-,29-/m0/s1. The van der Waals surface area contributed by atoms with Crippen molar-refractivity contribution in [1.29, 1.82) is 5.26 Å². The lowest BCUT2D eigenvalue weighted by molar-refractivity contribution is -0.232. The average molecular weight is 560 g/mol. The van der Waals surface area contributed by atoms with Gasteiger partial charge in [-0.2, -0.15) is 5.26 Å². The minimum atomic E-state index is -2.31. The molecule has 0 bridgehead atoms. The topological polar surface area (TPSA) is 96.6 Å². The number of aliphatic hydroxyl groups is 1. The summed E-state index contributed by atoms with van der Waals surface area (Å²) in [5.41, 5.74) is -6.36. The van der Waals surface area contributed by atoms with E-state index in [4.69, 9.17) is 14.7 Å². The molecule has 0 spiro atoms. The zero-order valence-electron chi connectivity index (χ0n) is 21.4. The molecule has 6 nitrogen and oxygen atoms in total. The van der Waals surface area contributed by atoms with Crippen molar-refractivity contribution in [3.8, 4) is 6.07 Å². The monoisotopic (exact) mass is 559 g/mol. The highest BCUT2D eigenvalue weighted by atomic mass is 32.2. The highest BCUT2D eigenvalue weighted by Gasteiger charge is 2.80. The van der Waals surface area contributed by atoms with E-state index >= 15 is 8.78 Å². The fourth-order valence-electron chi connectivity index (χ4n) is 8.30. The van der Waals surface area contributed by atoms with Gasteiger partial charge in [0, 0.05) is 22.3 Å². The smallest absolute Gasteiger partial charge is 0.225 e. The number of aliphatic hydroxyl groups excluding tert-OH is 1. The van der Waals surface area contributed by atoms with Gasteiger partial charge in [-0.15, -0.1) is 0 Å². The molecule has 10 atom stereocenters. The van der Waals surface area contributed by atoms with E-state index in [-0.39, 0.29) is 30.6 Å². The molecule has 10 heteroatoms. The van der Waals surface area contributed by atoms with E-state index < -0.39 is 75.3 Å². The van der Waals surface area contributed by atoms with Crippen LogP contribution < -0.4 is 0 Å². The molecule has 3 saturated carbocycles. The van der Waals surface area contributed by atoms with Gasteiger partial charge in [-0.25, -0.2) is 13.2 Å². The average Bonchev–Trinajstić information content (AvgIpc) is 3.39. The molecule has 206 valence electrons. The largest absolute Gasteiger partial charge is 0.390 e. The highest BCUT2D eigenvalue weighted by Crippen LogP contribution is 2.73. The van der Waals surface area contributed by atoms with Crippen LogP contribution in [0.5, 0.6) is 0 Å². The Bertz CT molecular complexity index is 1360. The van der Waals surface area contributed by atoms with Crippen LogP contribution in [0.15, 0.2) is 48.1 Å². The Morgan fingerprint density at radius 2 is 2.05 bits per heavy atom. The van der Waals surface area contributed by atoms with Gasteiger partial charge < -0.3 is 14.6 Å². The van der Waals surface area contributed by atoms with E-state index in [0.29, 0.717) is 5.56 Å². The van der Waals surface area contributed by atoms with E-state index in [0.717, 1.165) is 17.8 Å². The Balaban J connectivity index is 1.45. The number of allylic oxidation sites excluding steroid dienone is 4. The fraction of sp³-hybridized carbons (Fsp3) is 0.552. The number of halogens is 3. The van der Waals surface area contributed by atoms with E-state index in [1.54, 1.807) is 13.0 Å². The maximum atomic E-state index is 17.5. The number of thioether (sulfide) groups is 1. The Morgan fingerprint density at radius 1 is 1.28 bits per heavy atom. The molecule has 1 N–H and O–H groups in total. The fourth-order valence-corrected chi connectivity index (χ4v) is 9.13. The number of ether oxygens (including phenoxy) is 2. The third-order valence-electron chi connectivity index (χ3n) is 10.1. The summed E-state index contributed by atoms with van der Waals surface area (Å²) in [5, 5.41) is 20.3. The number of carbonyl (C=O) groups excluding carboxylic acids is 2. The molecule has 1 saturated heterocycles. The Morgan fingerprint density at radius 3 is 2.77 bits per heavy atom. The minimum absolute atomic E-state index is 0.0172. The number of alkyl halides is 2. The van der Waals surface area contributed by atoms with Crippen LogP contribution in [0.4, 0.5) is 13.2 Å². The molecule has 1 heterocycles. The molecule has 0 aromatic heterocycles. The second-order valence-electron chi connectivity index (χ2n) is 11.7. The first-order chi connectivity index (χ1) is 18.4. The number of nitrogens with zero attached hydrogens (tertiary/aromatic N) is 1. The third-order valence-corrected chi connectivity index (χ3v) is 10.9. The first-order valence-corrected chi connectivity index (χ1v) is 14.0. The second kappa shape index (κ2) is 8.77. The van der Waals surface area contributed by atoms with Gasteiger partial charge in [-0.1, -0.05) is 36.9 Å². The number of benzene rings is 1. The predicted octanol–water partition coefficient (Wildman–Crippen LogP) is 4.69.